The maximum Gasteiger partial charge on any atom is 0.272 e. The number of carbonyl (C=O) groups excluding carboxylic acids is 1. The number of fused-ring (bicyclic) bond motifs is 2. The van der Waals surface area contributed by atoms with E-state index in [4.69, 9.17) is 0 Å². The smallest absolute Gasteiger partial charge is 0.272 e. The van der Waals surface area contributed by atoms with E-state index in [-0.39, 0.29) is 5.91 Å². The molecule has 2 N–H and O–H groups in total. The summed E-state index contributed by atoms with van der Waals surface area (Å²) in [4.78, 5) is 15.1. The maximum atomic E-state index is 12.5. The molecule has 0 spiro atoms. The van der Waals surface area contributed by atoms with Gasteiger partial charge in [0.1, 0.15) is 0 Å². The third-order valence-electron chi connectivity index (χ3n) is 5.77. The monoisotopic (exact) mass is 302 g/mol. The zero-order valence-electron chi connectivity index (χ0n) is 13.2. The largest absolute Gasteiger partial charge is 0.350 e. The normalized spacial score (nSPS) is 28.2. The molecule has 0 radical (unpaired) electrons. The second-order valence-electron chi connectivity index (χ2n) is 7.09. The van der Waals surface area contributed by atoms with E-state index in [1.54, 1.807) is 0 Å². The second kappa shape index (κ2) is 6.03. The zero-order valence-corrected chi connectivity index (χ0v) is 13.2. The van der Waals surface area contributed by atoms with Crippen molar-refractivity contribution in [2.75, 3.05) is 19.6 Å². The Morgan fingerprint density at radius 3 is 3.05 bits per heavy atom. The van der Waals surface area contributed by atoms with Crippen molar-refractivity contribution in [3.8, 4) is 0 Å². The Kier molecular flexibility index (Phi) is 3.90. The number of hydrogen-bond donors (Lipinski definition) is 2. The molecule has 0 saturated carbocycles. The average Bonchev–Trinajstić information content (AvgIpc) is 3.15. The average molecular weight is 302 g/mol. The van der Waals surface area contributed by atoms with Gasteiger partial charge < -0.3 is 10.2 Å². The molecule has 1 amide bonds. The summed E-state index contributed by atoms with van der Waals surface area (Å²) in [5.74, 6) is 0.636. The van der Waals surface area contributed by atoms with E-state index in [0.717, 1.165) is 31.4 Å². The number of aryl methyl sites for hydroxylation is 1. The van der Waals surface area contributed by atoms with Gasteiger partial charge in [-0.25, -0.2) is 0 Å². The van der Waals surface area contributed by atoms with Gasteiger partial charge in [-0.15, -0.1) is 0 Å². The molecule has 22 heavy (non-hydrogen) atoms. The number of nitrogens with zero attached hydrogens (tertiary/aromatic N) is 2. The Balaban J connectivity index is 1.38. The van der Waals surface area contributed by atoms with Gasteiger partial charge in [-0.2, -0.15) is 5.10 Å². The van der Waals surface area contributed by atoms with Crippen molar-refractivity contribution in [1.82, 2.24) is 20.4 Å². The van der Waals surface area contributed by atoms with Crippen molar-refractivity contribution >= 4 is 5.91 Å². The molecule has 0 unspecified atom stereocenters. The topological polar surface area (TPSA) is 61.0 Å². The van der Waals surface area contributed by atoms with Crippen molar-refractivity contribution in [3.63, 3.8) is 0 Å². The SMILES string of the molecule is O=C(NC[C@H]1CCCN2CCCC[C@@H]12)c1n[nH]c2c1CCC2. The minimum atomic E-state index is 0.0207. The molecule has 2 fully saturated rings. The summed E-state index contributed by atoms with van der Waals surface area (Å²) in [7, 11) is 0. The minimum absolute atomic E-state index is 0.0207. The summed E-state index contributed by atoms with van der Waals surface area (Å²) in [6.07, 6.45) is 9.69. The highest BCUT2D eigenvalue weighted by Crippen LogP contribution is 2.30. The number of carbonyl (C=O) groups is 1. The molecule has 5 nitrogen and oxygen atoms in total. The van der Waals surface area contributed by atoms with Crippen LogP contribution in [0.15, 0.2) is 0 Å². The predicted molar refractivity (Wildman–Crippen MR) is 84.9 cm³/mol. The fraction of sp³-hybridized carbons (Fsp3) is 0.765. The van der Waals surface area contributed by atoms with Gasteiger partial charge in [0.05, 0.1) is 0 Å². The van der Waals surface area contributed by atoms with Crippen LogP contribution in [0.1, 0.15) is 60.3 Å². The van der Waals surface area contributed by atoms with E-state index >= 15 is 0 Å². The van der Waals surface area contributed by atoms with Crippen LogP contribution in [0.5, 0.6) is 0 Å². The summed E-state index contributed by atoms with van der Waals surface area (Å²) in [5.41, 5.74) is 2.96. The summed E-state index contributed by atoms with van der Waals surface area (Å²) in [6, 6.07) is 0.688. The molecule has 5 heteroatoms. The van der Waals surface area contributed by atoms with Crippen molar-refractivity contribution < 1.29 is 4.79 Å². The molecule has 1 aromatic rings. The molecule has 2 aliphatic heterocycles. The van der Waals surface area contributed by atoms with Gasteiger partial charge in [-0.1, -0.05) is 6.42 Å². The third-order valence-corrected chi connectivity index (χ3v) is 5.77. The van der Waals surface area contributed by atoms with E-state index in [9.17, 15) is 4.79 Å². The fourth-order valence-electron chi connectivity index (χ4n) is 4.63. The predicted octanol–water partition coefficient (Wildman–Crippen LogP) is 1.89. The van der Waals surface area contributed by atoms with Crippen LogP contribution in [0.4, 0.5) is 0 Å². The van der Waals surface area contributed by atoms with Crippen LogP contribution in [0.25, 0.3) is 0 Å². The molecular formula is C17H26N4O. The Morgan fingerprint density at radius 2 is 2.09 bits per heavy atom. The van der Waals surface area contributed by atoms with Gasteiger partial charge in [0.15, 0.2) is 5.69 Å². The van der Waals surface area contributed by atoms with E-state index in [2.05, 4.69) is 20.4 Å². The Hall–Kier alpha value is -1.36. The molecule has 120 valence electrons. The molecule has 1 aromatic heterocycles. The lowest BCUT2D eigenvalue weighted by Crippen LogP contribution is -2.51. The molecule has 0 bridgehead atoms. The number of aromatic amines is 1. The van der Waals surface area contributed by atoms with Crippen molar-refractivity contribution in [2.24, 2.45) is 5.92 Å². The van der Waals surface area contributed by atoms with Crippen molar-refractivity contribution in [3.05, 3.63) is 17.0 Å². The first-order chi connectivity index (χ1) is 10.8. The molecule has 3 aliphatic rings. The molecule has 3 heterocycles. The molecule has 2 atom stereocenters. The summed E-state index contributed by atoms with van der Waals surface area (Å²) in [6.45, 7) is 3.31. The first-order valence-electron chi connectivity index (χ1n) is 8.91. The maximum absolute atomic E-state index is 12.5. The van der Waals surface area contributed by atoms with Crippen LogP contribution in [0, 0.1) is 5.92 Å². The number of amides is 1. The van der Waals surface area contributed by atoms with Crippen LogP contribution in [0.2, 0.25) is 0 Å². The number of nitrogens with one attached hydrogen (secondary N) is 2. The first-order valence-corrected chi connectivity index (χ1v) is 8.91. The van der Waals surface area contributed by atoms with Crippen LogP contribution in [0.3, 0.4) is 0 Å². The number of rotatable bonds is 3. The highest BCUT2D eigenvalue weighted by molar-refractivity contribution is 5.94. The highest BCUT2D eigenvalue weighted by atomic mass is 16.1. The zero-order chi connectivity index (χ0) is 14.9. The first kappa shape index (κ1) is 14.2. The Bertz CT molecular complexity index is 551. The Labute approximate surface area is 131 Å². The summed E-state index contributed by atoms with van der Waals surface area (Å²) < 4.78 is 0. The van der Waals surface area contributed by atoms with E-state index in [1.807, 2.05) is 0 Å². The van der Waals surface area contributed by atoms with Gasteiger partial charge in [0, 0.05) is 23.8 Å². The van der Waals surface area contributed by atoms with E-state index in [0.29, 0.717) is 17.7 Å². The van der Waals surface area contributed by atoms with Crippen LogP contribution < -0.4 is 5.32 Å². The van der Waals surface area contributed by atoms with E-state index < -0.39 is 0 Å². The quantitative estimate of drug-likeness (QED) is 0.896. The van der Waals surface area contributed by atoms with Gasteiger partial charge in [-0.05, 0) is 64.0 Å². The van der Waals surface area contributed by atoms with Crippen LogP contribution >= 0.6 is 0 Å². The van der Waals surface area contributed by atoms with Crippen molar-refractivity contribution in [1.29, 1.82) is 0 Å². The fourth-order valence-corrected chi connectivity index (χ4v) is 4.63. The van der Waals surface area contributed by atoms with Crippen LogP contribution in [-0.2, 0) is 12.8 Å². The summed E-state index contributed by atoms with van der Waals surface area (Å²) in [5, 5.41) is 10.4. The lowest BCUT2D eigenvalue weighted by atomic mass is 9.83. The number of H-pyrrole nitrogens is 1. The number of aromatic nitrogens is 2. The standard InChI is InChI=1S/C17H26N4O/c22-17(16-13-6-3-7-14(13)19-20-16)18-11-12-5-4-10-21-9-2-1-8-15(12)21/h12,15H,1-11H2,(H,18,22)(H,19,20)/t12-,15+/m1/s1. The lowest BCUT2D eigenvalue weighted by Gasteiger charge is -2.44. The van der Waals surface area contributed by atoms with Gasteiger partial charge in [0.2, 0.25) is 0 Å². The van der Waals surface area contributed by atoms with Crippen LogP contribution in [-0.4, -0.2) is 46.7 Å². The Morgan fingerprint density at radius 1 is 1.18 bits per heavy atom. The van der Waals surface area contributed by atoms with E-state index in [1.165, 1.54) is 50.9 Å². The second-order valence-corrected chi connectivity index (χ2v) is 7.09. The van der Waals surface area contributed by atoms with Gasteiger partial charge in [-0.3, -0.25) is 9.89 Å². The third kappa shape index (κ3) is 2.56. The molecule has 1 aliphatic carbocycles. The molecule has 2 saturated heterocycles. The van der Waals surface area contributed by atoms with Crippen molar-refractivity contribution in [2.45, 2.75) is 57.4 Å². The number of piperidine rings is 2. The minimum Gasteiger partial charge on any atom is -0.350 e. The van der Waals surface area contributed by atoms with Gasteiger partial charge >= 0.3 is 0 Å². The van der Waals surface area contributed by atoms with Gasteiger partial charge in [0.25, 0.3) is 5.91 Å². The molecular weight excluding hydrogens is 276 g/mol. The number of hydrogen-bond acceptors (Lipinski definition) is 3. The summed E-state index contributed by atoms with van der Waals surface area (Å²) >= 11 is 0. The highest BCUT2D eigenvalue weighted by Gasteiger charge is 2.33. The molecule has 0 aromatic carbocycles. The lowest BCUT2D eigenvalue weighted by molar-refractivity contribution is 0.0575. The molecule has 4 rings (SSSR count).